The number of fused-ring (bicyclic) bond motifs is 1. The normalized spacial score (nSPS) is 11.0. The molecule has 4 heteroatoms. The fraction of sp³-hybridized carbons (Fsp3) is 0.176. The second-order valence-corrected chi connectivity index (χ2v) is 5.23. The quantitative estimate of drug-likeness (QED) is 0.659. The molecule has 0 fully saturated rings. The number of hydrogen-bond donors (Lipinski definition) is 0. The van der Waals surface area contributed by atoms with Crippen LogP contribution in [0.25, 0.3) is 10.9 Å². The summed E-state index contributed by atoms with van der Waals surface area (Å²) in [5, 5.41) is 1.59. The number of nitrogens with zero attached hydrogens (tertiary/aromatic N) is 1. The molecule has 0 radical (unpaired) electrons. The minimum atomic E-state index is -0.228. The van der Waals surface area contributed by atoms with Crippen LogP contribution in [0.4, 0.5) is 4.39 Å². The third kappa shape index (κ3) is 2.74. The Morgan fingerprint density at radius 2 is 2.00 bits per heavy atom. The van der Waals surface area contributed by atoms with Crippen LogP contribution in [0.2, 0.25) is 5.02 Å². The molecule has 3 rings (SSSR count). The third-order valence-corrected chi connectivity index (χ3v) is 3.80. The monoisotopic (exact) mass is 303 g/mol. The average molecular weight is 304 g/mol. The molecule has 0 atom stereocenters. The van der Waals surface area contributed by atoms with E-state index in [1.54, 1.807) is 18.2 Å². The summed E-state index contributed by atoms with van der Waals surface area (Å²) in [6.45, 7) is 3.22. The first-order valence-corrected chi connectivity index (χ1v) is 7.21. The largest absolute Gasteiger partial charge is 0.487 e. The van der Waals surface area contributed by atoms with Gasteiger partial charge in [0.2, 0.25) is 0 Å². The molecule has 3 aromatic rings. The molecule has 108 valence electrons. The molecule has 0 unspecified atom stereocenters. The van der Waals surface area contributed by atoms with Crippen LogP contribution in [0.1, 0.15) is 12.5 Å². The highest BCUT2D eigenvalue weighted by Crippen LogP contribution is 2.27. The molecule has 0 aliphatic carbocycles. The van der Waals surface area contributed by atoms with Gasteiger partial charge >= 0.3 is 0 Å². The van der Waals surface area contributed by atoms with Crippen molar-refractivity contribution in [3.63, 3.8) is 0 Å². The van der Waals surface area contributed by atoms with E-state index in [-0.39, 0.29) is 5.82 Å². The number of halogens is 2. The second-order valence-electron chi connectivity index (χ2n) is 4.82. The molecule has 0 spiro atoms. The van der Waals surface area contributed by atoms with Gasteiger partial charge in [-0.05, 0) is 37.3 Å². The summed E-state index contributed by atoms with van der Waals surface area (Å²) in [5.41, 5.74) is 1.90. The molecule has 0 aliphatic heterocycles. The zero-order valence-corrected chi connectivity index (χ0v) is 12.4. The summed E-state index contributed by atoms with van der Waals surface area (Å²) in [6, 6.07) is 12.2. The first kappa shape index (κ1) is 14.0. The fourth-order valence-corrected chi connectivity index (χ4v) is 2.63. The maximum atomic E-state index is 13.4. The van der Waals surface area contributed by atoms with Gasteiger partial charge in [0.15, 0.2) is 0 Å². The van der Waals surface area contributed by atoms with E-state index >= 15 is 0 Å². The molecule has 21 heavy (non-hydrogen) atoms. The van der Waals surface area contributed by atoms with Crippen LogP contribution in [0.3, 0.4) is 0 Å². The maximum absolute atomic E-state index is 13.4. The first-order chi connectivity index (χ1) is 10.2. The standard InChI is InChI=1S/C17H15ClFNO/c1-2-20-10-12(14-8-7-13(19)9-16(14)20)11-21-17-6-4-3-5-15(17)18/h3-10H,2,11H2,1H3. The topological polar surface area (TPSA) is 14.2 Å². The van der Waals surface area contributed by atoms with Crippen molar-refractivity contribution in [2.24, 2.45) is 0 Å². The molecular formula is C17H15ClFNO. The van der Waals surface area contributed by atoms with E-state index in [9.17, 15) is 4.39 Å². The van der Waals surface area contributed by atoms with Crippen LogP contribution in [0, 0.1) is 5.82 Å². The van der Waals surface area contributed by atoms with E-state index in [1.165, 1.54) is 6.07 Å². The molecule has 0 saturated heterocycles. The minimum Gasteiger partial charge on any atom is -0.487 e. The van der Waals surface area contributed by atoms with Crippen molar-refractivity contribution < 1.29 is 9.13 Å². The van der Waals surface area contributed by atoms with Crippen LogP contribution in [-0.4, -0.2) is 4.57 Å². The Balaban J connectivity index is 1.92. The Kier molecular flexibility index (Phi) is 3.84. The van der Waals surface area contributed by atoms with Crippen molar-refractivity contribution in [3.8, 4) is 5.75 Å². The number of ether oxygens (including phenoxy) is 1. The van der Waals surface area contributed by atoms with Crippen molar-refractivity contribution in [1.82, 2.24) is 4.57 Å². The highest BCUT2D eigenvalue weighted by atomic mass is 35.5. The van der Waals surface area contributed by atoms with E-state index in [2.05, 4.69) is 0 Å². The van der Waals surface area contributed by atoms with E-state index in [0.717, 1.165) is 23.0 Å². The van der Waals surface area contributed by atoms with Crippen molar-refractivity contribution >= 4 is 22.5 Å². The summed E-state index contributed by atoms with van der Waals surface area (Å²) in [7, 11) is 0. The molecule has 0 N–H and O–H groups in total. The lowest BCUT2D eigenvalue weighted by molar-refractivity contribution is 0.307. The lowest BCUT2D eigenvalue weighted by atomic mass is 10.2. The van der Waals surface area contributed by atoms with Gasteiger partial charge in [-0.3, -0.25) is 0 Å². The predicted octanol–water partition coefficient (Wildman–Crippen LogP) is 5.03. The zero-order valence-electron chi connectivity index (χ0n) is 11.6. The van der Waals surface area contributed by atoms with Crippen molar-refractivity contribution in [2.75, 3.05) is 0 Å². The lowest BCUT2D eigenvalue weighted by Crippen LogP contribution is -1.95. The Bertz CT molecular complexity index is 782. The lowest BCUT2D eigenvalue weighted by Gasteiger charge is -2.06. The number of aromatic nitrogens is 1. The number of rotatable bonds is 4. The number of aryl methyl sites for hydroxylation is 1. The SMILES string of the molecule is CCn1cc(COc2ccccc2Cl)c2ccc(F)cc21. The van der Waals surface area contributed by atoms with Crippen molar-refractivity contribution in [2.45, 2.75) is 20.1 Å². The van der Waals surface area contributed by atoms with Gasteiger partial charge in [0, 0.05) is 23.7 Å². The van der Waals surface area contributed by atoms with Crippen LogP contribution in [0.5, 0.6) is 5.75 Å². The molecule has 0 amide bonds. The van der Waals surface area contributed by atoms with Crippen LogP contribution in [-0.2, 0) is 13.2 Å². The smallest absolute Gasteiger partial charge is 0.138 e. The molecular weight excluding hydrogens is 289 g/mol. The summed E-state index contributed by atoms with van der Waals surface area (Å²) in [4.78, 5) is 0. The minimum absolute atomic E-state index is 0.228. The van der Waals surface area contributed by atoms with Crippen LogP contribution in [0.15, 0.2) is 48.7 Å². The van der Waals surface area contributed by atoms with E-state index in [0.29, 0.717) is 17.4 Å². The molecule has 0 saturated carbocycles. The van der Waals surface area contributed by atoms with E-state index < -0.39 is 0 Å². The molecule has 2 aromatic carbocycles. The Hall–Kier alpha value is -2.00. The zero-order chi connectivity index (χ0) is 14.8. The number of hydrogen-bond acceptors (Lipinski definition) is 1. The third-order valence-electron chi connectivity index (χ3n) is 3.49. The average Bonchev–Trinajstić information content (AvgIpc) is 2.83. The van der Waals surface area contributed by atoms with Crippen LogP contribution >= 0.6 is 11.6 Å². The van der Waals surface area contributed by atoms with E-state index in [4.69, 9.17) is 16.3 Å². The predicted molar refractivity (Wildman–Crippen MR) is 83.4 cm³/mol. The maximum Gasteiger partial charge on any atom is 0.138 e. The highest BCUT2D eigenvalue weighted by molar-refractivity contribution is 6.32. The summed E-state index contributed by atoms with van der Waals surface area (Å²) < 4.78 is 21.2. The summed E-state index contributed by atoms with van der Waals surface area (Å²) in [5.74, 6) is 0.424. The van der Waals surface area contributed by atoms with Gasteiger partial charge in [-0.25, -0.2) is 4.39 Å². The fourth-order valence-electron chi connectivity index (χ4n) is 2.44. The first-order valence-electron chi connectivity index (χ1n) is 6.83. The van der Waals surface area contributed by atoms with Crippen molar-refractivity contribution in [3.05, 3.63) is 65.1 Å². The highest BCUT2D eigenvalue weighted by Gasteiger charge is 2.10. The Labute approximate surface area is 127 Å². The van der Waals surface area contributed by atoms with Gasteiger partial charge in [0.1, 0.15) is 18.2 Å². The van der Waals surface area contributed by atoms with Gasteiger partial charge in [0.25, 0.3) is 0 Å². The van der Waals surface area contributed by atoms with Gasteiger partial charge in [0.05, 0.1) is 10.5 Å². The van der Waals surface area contributed by atoms with Crippen LogP contribution < -0.4 is 4.74 Å². The Morgan fingerprint density at radius 1 is 1.19 bits per heavy atom. The van der Waals surface area contributed by atoms with Gasteiger partial charge in [-0.2, -0.15) is 0 Å². The molecule has 1 aromatic heterocycles. The summed E-state index contributed by atoms with van der Waals surface area (Å²) >= 11 is 6.08. The van der Waals surface area contributed by atoms with E-state index in [1.807, 2.05) is 35.9 Å². The van der Waals surface area contributed by atoms with Gasteiger partial charge in [-0.15, -0.1) is 0 Å². The van der Waals surface area contributed by atoms with Crippen molar-refractivity contribution in [1.29, 1.82) is 0 Å². The molecule has 0 bridgehead atoms. The van der Waals surface area contributed by atoms with Gasteiger partial charge < -0.3 is 9.30 Å². The molecule has 1 heterocycles. The summed E-state index contributed by atoms with van der Waals surface area (Å²) in [6.07, 6.45) is 2.00. The number of benzene rings is 2. The second kappa shape index (κ2) is 5.78. The van der Waals surface area contributed by atoms with Gasteiger partial charge in [-0.1, -0.05) is 23.7 Å². The Morgan fingerprint density at radius 3 is 2.76 bits per heavy atom. The molecule has 2 nitrogen and oxygen atoms in total. The number of para-hydroxylation sites is 1. The molecule has 0 aliphatic rings.